The zero-order valence-corrected chi connectivity index (χ0v) is 13.9. The van der Waals surface area contributed by atoms with Crippen LogP contribution in [-0.2, 0) is 11.0 Å². The van der Waals surface area contributed by atoms with Crippen LogP contribution in [0.25, 0.3) is 5.65 Å². The molecule has 0 bridgehead atoms. The Kier molecular flexibility index (Phi) is 3.27. The Labute approximate surface area is 140 Å². The minimum Gasteiger partial charge on any atom is -0.393 e. The maximum Gasteiger partial charge on any atom is 0.167 e. The van der Waals surface area contributed by atoms with Crippen molar-refractivity contribution < 1.29 is 10.2 Å². The van der Waals surface area contributed by atoms with Crippen molar-refractivity contribution in [3.05, 3.63) is 65.1 Å². The average Bonchev–Trinajstić information content (AvgIpc) is 3.27. The van der Waals surface area contributed by atoms with Gasteiger partial charge in [0.1, 0.15) is 11.4 Å². The highest BCUT2D eigenvalue weighted by atomic mass is 16.3. The van der Waals surface area contributed by atoms with E-state index in [-0.39, 0.29) is 12.0 Å². The molecule has 3 aromatic rings. The van der Waals surface area contributed by atoms with Crippen molar-refractivity contribution in [1.82, 2.24) is 14.6 Å². The second kappa shape index (κ2) is 5.13. The van der Waals surface area contributed by atoms with Crippen molar-refractivity contribution >= 4 is 5.65 Å². The van der Waals surface area contributed by atoms with E-state index in [1.165, 1.54) is 11.1 Å². The van der Waals surface area contributed by atoms with E-state index in [1.807, 2.05) is 16.7 Å². The van der Waals surface area contributed by atoms with E-state index in [4.69, 9.17) is 0 Å². The number of pyridine rings is 1. The van der Waals surface area contributed by atoms with Crippen molar-refractivity contribution in [3.63, 3.8) is 0 Å². The maximum absolute atomic E-state index is 10.4. The van der Waals surface area contributed by atoms with Gasteiger partial charge in [-0.1, -0.05) is 35.9 Å². The van der Waals surface area contributed by atoms with Crippen molar-refractivity contribution in [1.29, 1.82) is 0 Å². The highest BCUT2D eigenvalue weighted by molar-refractivity contribution is 5.53. The van der Waals surface area contributed by atoms with Gasteiger partial charge in [0, 0.05) is 11.8 Å². The number of aliphatic hydroxyl groups is 2. The third-order valence-electron chi connectivity index (χ3n) is 5.11. The maximum atomic E-state index is 10.4. The fourth-order valence-electron chi connectivity index (χ4n) is 3.39. The lowest BCUT2D eigenvalue weighted by molar-refractivity contribution is -0.00148. The molecule has 1 aliphatic rings. The molecule has 1 saturated carbocycles. The number of hydrogen-bond donors (Lipinski definition) is 2. The van der Waals surface area contributed by atoms with Gasteiger partial charge in [-0.2, -0.15) is 0 Å². The van der Waals surface area contributed by atoms with Crippen LogP contribution in [-0.4, -0.2) is 31.4 Å². The van der Waals surface area contributed by atoms with Gasteiger partial charge in [0.2, 0.25) is 0 Å². The van der Waals surface area contributed by atoms with Gasteiger partial charge in [-0.25, -0.2) is 0 Å². The van der Waals surface area contributed by atoms with Gasteiger partial charge < -0.3 is 10.2 Å². The van der Waals surface area contributed by atoms with Crippen LogP contribution in [0.4, 0.5) is 0 Å². The molecule has 1 aromatic carbocycles. The van der Waals surface area contributed by atoms with Gasteiger partial charge in [-0.05, 0) is 38.3 Å². The molecule has 1 unspecified atom stereocenters. The number of rotatable bonds is 4. The van der Waals surface area contributed by atoms with Crippen LogP contribution in [0.5, 0.6) is 0 Å². The van der Waals surface area contributed by atoms with Gasteiger partial charge in [-0.3, -0.25) is 4.40 Å². The van der Waals surface area contributed by atoms with Crippen LogP contribution in [0.1, 0.15) is 42.3 Å². The zero-order valence-electron chi connectivity index (χ0n) is 13.9. The van der Waals surface area contributed by atoms with Gasteiger partial charge in [0.05, 0.1) is 12.0 Å². The molecule has 5 nitrogen and oxygen atoms in total. The number of aliphatic hydroxyl groups excluding tert-OH is 1. The van der Waals surface area contributed by atoms with E-state index in [2.05, 4.69) is 41.4 Å². The summed E-state index contributed by atoms with van der Waals surface area (Å²) in [5.74, 6) is 0.900. The predicted octanol–water partition coefficient (Wildman–Crippen LogP) is 2.32. The summed E-state index contributed by atoms with van der Waals surface area (Å²) in [6.07, 6.45) is 4.00. The number of aryl methyl sites for hydroxylation is 1. The summed E-state index contributed by atoms with van der Waals surface area (Å²) in [6, 6.07) is 12.2. The van der Waals surface area contributed by atoms with Crippen LogP contribution in [0.3, 0.4) is 0 Å². The molecule has 0 radical (unpaired) electrons. The Bertz CT molecular complexity index is 893. The van der Waals surface area contributed by atoms with Gasteiger partial charge in [-0.15, -0.1) is 10.2 Å². The number of aromatic nitrogens is 3. The van der Waals surface area contributed by atoms with Crippen LogP contribution < -0.4 is 0 Å². The van der Waals surface area contributed by atoms with Gasteiger partial charge in [0.15, 0.2) is 5.65 Å². The standard InChI is InChI=1S/C19H21N3O2/c1-13-5-7-14(8-6-13)19(9-10-19)17-21-20-16-15(18(2,24)12-23)4-3-11-22(16)17/h3-8,11,23-24H,9-10,12H2,1-2H3. The lowest BCUT2D eigenvalue weighted by atomic mass is 9.94. The van der Waals surface area contributed by atoms with Crippen LogP contribution >= 0.6 is 0 Å². The molecular weight excluding hydrogens is 302 g/mol. The molecule has 0 spiro atoms. The van der Waals surface area contributed by atoms with E-state index >= 15 is 0 Å². The van der Waals surface area contributed by atoms with Crippen molar-refractivity contribution in [2.75, 3.05) is 6.61 Å². The molecular formula is C19H21N3O2. The molecule has 0 amide bonds. The van der Waals surface area contributed by atoms with Gasteiger partial charge in [0.25, 0.3) is 0 Å². The summed E-state index contributed by atoms with van der Waals surface area (Å²) in [4.78, 5) is 0. The Morgan fingerprint density at radius 1 is 1.17 bits per heavy atom. The van der Waals surface area contributed by atoms with Crippen molar-refractivity contribution in [3.8, 4) is 0 Å². The van der Waals surface area contributed by atoms with E-state index in [9.17, 15) is 10.2 Å². The normalized spacial score (nSPS) is 18.5. The molecule has 24 heavy (non-hydrogen) atoms. The quantitative estimate of drug-likeness (QED) is 0.773. The molecule has 2 N–H and O–H groups in total. The first-order chi connectivity index (χ1) is 11.5. The molecule has 1 fully saturated rings. The predicted molar refractivity (Wildman–Crippen MR) is 90.8 cm³/mol. The lowest BCUT2D eigenvalue weighted by Crippen LogP contribution is -2.26. The molecule has 2 aromatic heterocycles. The monoisotopic (exact) mass is 323 g/mol. The summed E-state index contributed by atoms with van der Waals surface area (Å²) in [5.41, 5.74) is 2.24. The first-order valence-electron chi connectivity index (χ1n) is 8.23. The van der Waals surface area contributed by atoms with Gasteiger partial charge >= 0.3 is 0 Å². The molecule has 4 rings (SSSR count). The molecule has 0 aliphatic heterocycles. The summed E-state index contributed by atoms with van der Waals surface area (Å²) in [5, 5.41) is 28.7. The number of fused-ring (bicyclic) bond motifs is 1. The zero-order chi connectivity index (χ0) is 16.9. The number of hydrogen-bond acceptors (Lipinski definition) is 4. The van der Waals surface area contributed by atoms with E-state index < -0.39 is 5.60 Å². The highest BCUT2D eigenvalue weighted by Crippen LogP contribution is 2.52. The largest absolute Gasteiger partial charge is 0.393 e. The summed E-state index contributed by atoms with van der Waals surface area (Å²) >= 11 is 0. The van der Waals surface area contributed by atoms with E-state index in [1.54, 1.807) is 13.0 Å². The minimum absolute atomic E-state index is 0.100. The first kappa shape index (κ1) is 15.3. The second-order valence-electron chi connectivity index (χ2n) is 7.02. The van der Waals surface area contributed by atoms with Crippen LogP contribution in [0.15, 0.2) is 42.6 Å². The van der Waals surface area contributed by atoms with E-state index in [0.29, 0.717) is 11.2 Å². The first-order valence-corrected chi connectivity index (χ1v) is 8.23. The molecule has 0 saturated heterocycles. The average molecular weight is 323 g/mol. The highest BCUT2D eigenvalue weighted by Gasteiger charge is 2.49. The van der Waals surface area contributed by atoms with E-state index in [0.717, 1.165) is 18.7 Å². The Morgan fingerprint density at radius 2 is 1.88 bits per heavy atom. The van der Waals surface area contributed by atoms with Crippen LogP contribution in [0.2, 0.25) is 0 Å². The number of nitrogens with zero attached hydrogens (tertiary/aromatic N) is 3. The topological polar surface area (TPSA) is 70.7 Å². The van der Waals surface area contributed by atoms with Crippen molar-refractivity contribution in [2.45, 2.75) is 37.7 Å². The summed E-state index contributed by atoms with van der Waals surface area (Å²) < 4.78 is 1.95. The number of benzene rings is 1. The Hall–Kier alpha value is -2.24. The van der Waals surface area contributed by atoms with Crippen molar-refractivity contribution in [2.24, 2.45) is 0 Å². The molecule has 2 heterocycles. The Balaban J connectivity index is 1.87. The van der Waals surface area contributed by atoms with Crippen LogP contribution in [0, 0.1) is 6.92 Å². The lowest BCUT2D eigenvalue weighted by Gasteiger charge is -2.21. The minimum atomic E-state index is -1.34. The smallest absolute Gasteiger partial charge is 0.167 e. The summed E-state index contributed by atoms with van der Waals surface area (Å²) in [6.45, 7) is 3.31. The SMILES string of the molecule is Cc1ccc(C2(c3nnc4c(C(C)(O)CO)cccn34)CC2)cc1. The molecule has 124 valence electrons. The second-order valence-corrected chi connectivity index (χ2v) is 7.02. The molecule has 1 aliphatic carbocycles. The molecule has 1 atom stereocenters. The fourth-order valence-corrected chi connectivity index (χ4v) is 3.39. The Morgan fingerprint density at radius 3 is 2.50 bits per heavy atom. The molecule has 5 heteroatoms. The third kappa shape index (κ3) is 2.16. The fraction of sp³-hybridized carbons (Fsp3) is 0.368. The third-order valence-corrected chi connectivity index (χ3v) is 5.11. The summed E-state index contributed by atoms with van der Waals surface area (Å²) in [7, 11) is 0.